The quantitative estimate of drug-likeness (QED) is 0.743. The zero-order chi connectivity index (χ0) is 12.7. The molecule has 3 unspecified atom stereocenters. The molecule has 1 saturated carbocycles. The van der Waals surface area contributed by atoms with Crippen molar-refractivity contribution >= 4 is 17.7 Å². The third-order valence-corrected chi connectivity index (χ3v) is 4.19. The van der Waals surface area contributed by atoms with Gasteiger partial charge in [0.2, 0.25) is 5.91 Å². The number of amides is 1. The van der Waals surface area contributed by atoms with Crippen molar-refractivity contribution in [2.45, 2.75) is 57.5 Å². The van der Waals surface area contributed by atoms with E-state index in [4.69, 9.17) is 5.73 Å². The molecule has 1 rings (SSSR count). The first-order valence-corrected chi connectivity index (χ1v) is 8.09. The standard InChI is InChI=1S/C13H26N2OS/c1-10(8-9-17-2)15-13(16)11-6-4-3-5-7-12(11)14/h10-12H,3-9,14H2,1-2H3,(H,15,16). The topological polar surface area (TPSA) is 55.1 Å². The van der Waals surface area contributed by atoms with Gasteiger partial charge in [-0.05, 0) is 38.2 Å². The molecule has 0 aliphatic heterocycles. The Balaban J connectivity index is 2.39. The maximum Gasteiger partial charge on any atom is 0.224 e. The van der Waals surface area contributed by atoms with Gasteiger partial charge in [-0.1, -0.05) is 19.3 Å². The van der Waals surface area contributed by atoms with E-state index in [2.05, 4.69) is 18.5 Å². The van der Waals surface area contributed by atoms with Crippen molar-refractivity contribution in [1.29, 1.82) is 0 Å². The molecule has 100 valence electrons. The largest absolute Gasteiger partial charge is 0.353 e. The van der Waals surface area contributed by atoms with Crippen molar-refractivity contribution in [3.05, 3.63) is 0 Å². The summed E-state index contributed by atoms with van der Waals surface area (Å²) in [6.07, 6.45) is 8.63. The lowest BCUT2D eigenvalue weighted by Crippen LogP contribution is -2.44. The van der Waals surface area contributed by atoms with Crippen LogP contribution in [0, 0.1) is 5.92 Å². The first-order valence-electron chi connectivity index (χ1n) is 6.70. The summed E-state index contributed by atoms with van der Waals surface area (Å²) in [5.41, 5.74) is 6.09. The van der Waals surface area contributed by atoms with Crippen LogP contribution in [-0.2, 0) is 4.79 Å². The third-order valence-electron chi connectivity index (χ3n) is 3.55. The molecule has 3 N–H and O–H groups in total. The minimum atomic E-state index is 0.0363. The Morgan fingerprint density at radius 2 is 2.12 bits per heavy atom. The lowest BCUT2D eigenvalue weighted by atomic mass is 9.94. The first kappa shape index (κ1) is 14.8. The van der Waals surface area contributed by atoms with Crippen LogP contribution in [0.2, 0.25) is 0 Å². The number of carbonyl (C=O) groups excluding carboxylic acids is 1. The number of thioether (sulfide) groups is 1. The van der Waals surface area contributed by atoms with Gasteiger partial charge in [-0.2, -0.15) is 11.8 Å². The van der Waals surface area contributed by atoms with Gasteiger partial charge >= 0.3 is 0 Å². The summed E-state index contributed by atoms with van der Waals surface area (Å²) in [6.45, 7) is 2.08. The second-order valence-electron chi connectivity index (χ2n) is 5.10. The zero-order valence-electron chi connectivity index (χ0n) is 11.1. The summed E-state index contributed by atoms with van der Waals surface area (Å²) in [6, 6.07) is 0.329. The van der Waals surface area contributed by atoms with E-state index in [9.17, 15) is 4.79 Å². The highest BCUT2D eigenvalue weighted by Gasteiger charge is 2.27. The molecule has 0 aromatic rings. The monoisotopic (exact) mass is 258 g/mol. The van der Waals surface area contributed by atoms with Crippen molar-refractivity contribution < 1.29 is 4.79 Å². The van der Waals surface area contributed by atoms with Crippen molar-refractivity contribution in [3.8, 4) is 0 Å². The SMILES string of the molecule is CSCCC(C)NC(=O)C1CCCCCC1N. The number of hydrogen-bond acceptors (Lipinski definition) is 3. The lowest BCUT2D eigenvalue weighted by Gasteiger charge is -2.23. The molecule has 1 amide bonds. The Labute approximate surface area is 109 Å². The fourth-order valence-electron chi connectivity index (χ4n) is 2.38. The fraction of sp³-hybridized carbons (Fsp3) is 0.923. The van der Waals surface area contributed by atoms with Gasteiger partial charge in [0.25, 0.3) is 0 Å². The summed E-state index contributed by atoms with van der Waals surface area (Å²) in [4.78, 5) is 12.1. The van der Waals surface area contributed by atoms with Gasteiger partial charge < -0.3 is 11.1 Å². The Hall–Kier alpha value is -0.220. The van der Waals surface area contributed by atoms with Gasteiger partial charge in [-0.15, -0.1) is 0 Å². The number of carbonyl (C=O) groups is 1. The Morgan fingerprint density at radius 3 is 2.82 bits per heavy atom. The Kier molecular flexibility index (Phi) is 6.97. The minimum Gasteiger partial charge on any atom is -0.353 e. The predicted molar refractivity (Wildman–Crippen MR) is 75.2 cm³/mol. The normalized spacial score (nSPS) is 27.2. The molecule has 0 radical (unpaired) electrons. The molecule has 0 saturated heterocycles. The Morgan fingerprint density at radius 1 is 1.41 bits per heavy atom. The second-order valence-corrected chi connectivity index (χ2v) is 6.09. The van der Waals surface area contributed by atoms with E-state index in [0.717, 1.165) is 31.4 Å². The predicted octanol–water partition coefficient (Wildman–Crippen LogP) is 2.15. The van der Waals surface area contributed by atoms with Gasteiger partial charge in [0.1, 0.15) is 0 Å². The molecule has 3 atom stereocenters. The molecule has 1 aliphatic carbocycles. The molecule has 3 nitrogen and oxygen atoms in total. The molecule has 0 bridgehead atoms. The summed E-state index contributed by atoms with van der Waals surface area (Å²) in [7, 11) is 0. The Bertz CT molecular complexity index is 235. The number of nitrogens with one attached hydrogen (secondary N) is 1. The van der Waals surface area contributed by atoms with E-state index in [1.54, 1.807) is 0 Å². The van der Waals surface area contributed by atoms with Crippen LogP contribution in [-0.4, -0.2) is 30.0 Å². The van der Waals surface area contributed by atoms with E-state index in [-0.39, 0.29) is 23.9 Å². The maximum absolute atomic E-state index is 12.1. The first-order chi connectivity index (χ1) is 8.15. The highest BCUT2D eigenvalue weighted by atomic mass is 32.2. The van der Waals surface area contributed by atoms with Crippen LogP contribution in [0.15, 0.2) is 0 Å². The van der Waals surface area contributed by atoms with E-state index < -0.39 is 0 Å². The molecular weight excluding hydrogens is 232 g/mol. The van der Waals surface area contributed by atoms with Crippen LogP contribution in [0.25, 0.3) is 0 Å². The van der Waals surface area contributed by atoms with E-state index in [1.807, 2.05) is 11.8 Å². The fourth-order valence-corrected chi connectivity index (χ4v) is 2.97. The van der Waals surface area contributed by atoms with Crippen LogP contribution in [0.1, 0.15) is 45.4 Å². The smallest absolute Gasteiger partial charge is 0.224 e. The third kappa shape index (κ3) is 5.30. The molecule has 1 fully saturated rings. The van der Waals surface area contributed by atoms with Crippen LogP contribution in [0.5, 0.6) is 0 Å². The van der Waals surface area contributed by atoms with Gasteiger partial charge in [0.05, 0.1) is 5.92 Å². The summed E-state index contributed by atoms with van der Waals surface area (Å²) in [5, 5.41) is 3.11. The highest BCUT2D eigenvalue weighted by molar-refractivity contribution is 7.98. The molecule has 0 heterocycles. The maximum atomic E-state index is 12.1. The molecule has 1 aliphatic rings. The van der Waals surface area contributed by atoms with Crippen LogP contribution < -0.4 is 11.1 Å². The average Bonchev–Trinajstić information content (AvgIpc) is 2.51. The van der Waals surface area contributed by atoms with Crippen LogP contribution in [0.4, 0.5) is 0 Å². The minimum absolute atomic E-state index is 0.0363. The number of hydrogen-bond donors (Lipinski definition) is 2. The van der Waals surface area contributed by atoms with Crippen molar-refractivity contribution in [2.75, 3.05) is 12.0 Å². The molecule has 4 heteroatoms. The summed E-state index contributed by atoms with van der Waals surface area (Å²) < 4.78 is 0. The van der Waals surface area contributed by atoms with Crippen molar-refractivity contribution in [1.82, 2.24) is 5.32 Å². The molecule has 0 aromatic heterocycles. The van der Waals surface area contributed by atoms with Gasteiger partial charge in [-0.3, -0.25) is 4.79 Å². The molecule has 17 heavy (non-hydrogen) atoms. The summed E-state index contributed by atoms with van der Waals surface area (Å²) in [5.74, 6) is 1.31. The molecule has 0 aromatic carbocycles. The van der Waals surface area contributed by atoms with Crippen LogP contribution >= 0.6 is 11.8 Å². The van der Waals surface area contributed by atoms with E-state index in [0.29, 0.717) is 0 Å². The number of nitrogens with two attached hydrogens (primary N) is 1. The zero-order valence-corrected chi connectivity index (χ0v) is 11.9. The van der Waals surface area contributed by atoms with Crippen LogP contribution in [0.3, 0.4) is 0 Å². The van der Waals surface area contributed by atoms with Crippen molar-refractivity contribution in [3.63, 3.8) is 0 Å². The van der Waals surface area contributed by atoms with Gasteiger partial charge in [0, 0.05) is 12.1 Å². The van der Waals surface area contributed by atoms with Crippen molar-refractivity contribution in [2.24, 2.45) is 11.7 Å². The van der Waals surface area contributed by atoms with E-state index in [1.165, 1.54) is 12.8 Å². The summed E-state index contributed by atoms with van der Waals surface area (Å²) >= 11 is 1.82. The molecule has 0 spiro atoms. The number of rotatable bonds is 5. The van der Waals surface area contributed by atoms with Gasteiger partial charge in [0.15, 0.2) is 0 Å². The second kappa shape index (κ2) is 7.98. The average molecular weight is 258 g/mol. The molecular formula is C13H26N2OS. The highest BCUT2D eigenvalue weighted by Crippen LogP contribution is 2.22. The lowest BCUT2D eigenvalue weighted by molar-refractivity contribution is -0.126. The van der Waals surface area contributed by atoms with Gasteiger partial charge in [-0.25, -0.2) is 0 Å². The van der Waals surface area contributed by atoms with E-state index >= 15 is 0 Å².